The topological polar surface area (TPSA) is 63.6 Å². The van der Waals surface area contributed by atoms with Crippen LogP contribution in [0, 0.1) is 0 Å². The minimum Gasteiger partial charge on any atom is -0.339 e. The predicted octanol–water partition coefficient (Wildman–Crippen LogP) is 2.62. The van der Waals surface area contributed by atoms with Crippen molar-refractivity contribution in [2.75, 3.05) is 0 Å². The van der Waals surface area contributed by atoms with E-state index in [1.54, 1.807) is 23.1 Å². The van der Waals surface area contributed by atoms with Crippen molar-refractivity contribution in [2.45, 2.75) is 26.2 Å². The van der Waals surface area contributed by atoms with Crippen molar-refractivity contribution in [3.63, 3.8) is 0 Å². The summed E-state index contributed by atoms with van der Waals surface area (Å²) in [7, 11) is 1.85. The highest BCUT2D eigenvalue weighted by molar-refractivity contribution is 5.82. The van der Waals surface area contributed by atoms with E-state index in [-0.39, 0.29) is 10.8 Å². The van der Waals surface area contributed by atoms with Crippen LogP contribution >= 0.6 is 0 Å². The zero-order chi connectivity index (χ0) is 15.2. The van der Waals surface area contributed by atoms with Crippen molar-refractivity contribution in [2.24, 2.45) is 7.05 Å². The second-order valence-electron chi connectivity index (χ2n) is 6.23. The molecule has 108 valence electrons. The molecule has 5 heteroatoms. The fraction of sp³-hybridized carbons (Fsp3) is 0.312. The number of nitrogens with zero attached hydrogens (tertiary/aromatic N) is 3. The molecule has 0 fully saturated rings. The maximum Gasteiger partial charge on any atom is 0.193 e. The summed E-state index contributed by atoms with van der Waals surface area (Å²) < 4.78 is 1.73. The Labute approximate surface area is 122 Å². The first-order valence-electron chi connectivity index (χ1n) is 6.89. The largest absolute Gasteiger partial charge is 0.339 e. The molecule has 0 aliphatic heterocycles. The highest BCUT2D eigenvalue weighted by Gasteiger charge is 2.24. The van der Waals surface area contributed by atoms with E-state index in [0.29, 0.717) is 5.39 Å². The van der Waals surface area contributed by atoms with E-state index in [9.17, 15) is 4.79 Å². The summed E-state index contributed by atoms with van der Waals surface area (Å²) in [5.41, 5.74) is 3.01. The van der Waals surface area contributed by atoms with Crippen LogP contribution < -0.4 is 5.43 Å². The third-order valence-electron chi connectivity index (χ3n) is 3.51. The van der Waals surface area contributed by atoms with E-state index in [0.717, 1.165) is 22.6 Å². The Morgan fingerprint density at radius 3 is 2.67 bits per heavy atom. The van der Waals surface area contributed by atoms with Gasteiger partial charge in [0, 0.05) is 36.5 Å². The number of H-pyrrole nitrogens is 1. The average Bonchev–Trinajstić information content (AvgIpc) is 2.78. The number of rotatable bonds is 1. The zero-order valence-corrected chi connectivity index (χ0v) is 12.6. The molecule has 0 bridgehead atoms. The fourth-order valence-electron chi connectivity index (χ4n) is 2.47. The van der Waals surface area contributed by atoms with Gasteiger partial charge in [0.15, 0.2) is 5.43 Å². The van der Waals surface area contributed by atoms with Crippen molar-refractivity contribution < 1.29 is 0 Å². The third kappa shape index (κ3) is 2.24. The van der Waals surface area contributed by atoms with Gasteiger partial charge in [-0.05, 0) is 12.1 Å². The van der Waals surface area contributed by atoms with Gasteiger partial charge in [0.05, 0.1) is 16.8 Å². The number of fused-ring (bicyclic) bond motifs is 1. The smallest absolute Gasteiger partial charge is 0.193 e. The lowest BCUT2D eigenvalue weighted by atomic mass is 9.90. The minimum atomic E-state index is -0.178. The van der Waals surface area contributed by atoms with Crippen LogP contribution in [0.25, 0.3) is 22.3 Å². The molecule has 0 amide bonds. The lowest BCUT2D eigenvalue weighted by Gasteiger charge is -2.15. The Bertz CT molecular complexity index is 854. The lowest BCUT2D eigenvalue weighted by Crippen LogP contribution is -2.15. The van der Waals surface area contributed by atoms with Gasteiger partial charge in [-0.25, -0.2) is 0 Å². The molecule has 0 saturated carbocycles. The summed E-state index contributed by atoms with van der Waals surface area (Å²) in [4.78, 5) is 20.0. The third-order valence-corrected chi connectivity index (χ3v) is 3.51. The standard InChI is InChI=1S/C16H18N4O/c1-16(2,3)14-13-12(21)8-11(10-6-5-7-17-9-10)18-15(13)20(4)19-14/h5-9H,1-4H3,(H,18,21). The Kier molecular flexibility index (Phi) is 2.93. The van der Waals surface area contributed by atoms with Gasteiger partial charge in [-0.2, -0.15) is 5.10 Å². The molecule has 5 nitrogen and oxygen atoms in total. The molecule has 0 aliphatic carbocycles. The molecule has 0 spiro atoms. The van der Waals surface area contributed by atoms with Crippen LogP contribution in [0.15, 0.2) is 35.4 Å². The second kappa shape index (κ2) is 4.55. The van der Waals surface area contributed by atoms with E-state index in [4.69, 9.17) is 0 Å². The molecule has 0 atom stereocenters. The van der Waals surface area contributed by atoms with Crippen LogP contribution in [-0.4, -0.2) is 19.7 Å². The van der Waals surface area contributed by atoms with Crippen molar-refractivity contribution in [3.8, 4) is 11.3 Å². The summed E-state index contributed by atoms with van der Waals surface area (Å²) in [6, 6.07) is 5.39. The van der Waals surface area contributed by atoms with Gasteiger partial charge in [-0.3, -0.25) is 14.5 Å². The molecule has 0 aromatic carbocycles. The number of aryl methyl sites for hydroxylation is 1. The fourth-order valence-corrected chi connectivity index (χ4v) is 2.47. The molecule has 3 heterocycles. The van der Waals surface area contributed by atoms with Crippen LogP contribution in [0.3, 0.4) is 0 Å². The van der Waals surface area contributed by atoms with Gasteiger partial charge in [0.1, 0.15) is 5.65 Å². The maximum absolute atomic E-state index is 12.6. The first-order valence-corrected chi connectivity index (χ1v) is 6.89. The van der Waals surface area contributed by atoms with Gasteiger partial charge in [-0.15, -0.1) is 0 Å². The summed E-state index contributed by atoms with van der Waals surface area (Å²) in [5, 5.41) is 5.19. The Morgan fingerprint density at radius 1 is 1.29 bits per heavy atom. The van der Waals surface area contributed by atoms with Crippen molar-refractivity contribution >= 4 is 11.0 Å². The summed E-state index contributed by atoms with van der Waals surface area (Å²) in [6.07, 6.45) is 3.44. The number of pyridine rings is 2. The first-order chi connectivity index (χ1) is 9.88. The monoisotopic (exact) mass is 282 g/mol. The van der Waals surface area contributed by atoms with Crippen molar-refractivity contribution in [1.82, 2.24) is 19.7 Å². The summed E-state index contributed by atoms with van der Waals surface area (Å²) >= 11 is 0. The van der Waals surface area contributed by atoms with Crippen LogP contribution in [0.4, 0.5) is 0 Å². The van der Waals surface area contributed by atoms with Crippen LogP contribution in [0.2, 0.25) is 0 Å². The van der Waals surface area contributed by atoms with Gasteiger partial charge in [-0.1, -0.05) is 20.8 Å². The normalized spacial score (nSPS) is 12.0. The molecule has 3 aromatic heterocycles. The van der Waals surface area contributed by atoms with Crippen molar-refractivity contribution in [3.05, 3.63) is 46.5 Å². The van der Waals surface area contributed by atoms with Crippen molar-refractivity contribution in [1.29, 1.82) is 0 Å². The zero-order valence-electron chi connectivity index (χ0n) is 12.6. The lowest BCUT2D eigenvalue weighted by molar-refractivity contribution is 0.557. The quantitative estimate of drug-likeness (QED) is 0.746. The van der Waals surface area contributed by atoms with E-state index in [1.807, 2.05) is 19.2 Å². The van der Waals surface area contributed by atoms with Gasteiger partial charge >= 0.3 is 0 Å². The molecule has 0 saturated heterocycles. The van der Waals surface area contributed by atoms with E-state index >= 15 is 0 Å². The molecule has 3 aromatic rings. The van der Waals surface area contributed by atoms with Crippen LogP contribution in [-0.2, 0) is 12.5 Å². The number of hydrogen-bond acceptors (Lipinski definition) is 3. The SMILES string of the molecule is Cn1nc(C(C)(C)C)c2c(=O)cc(-c3cccnc3)[nH]c21. The average molecular weight is 282 g/mol. The maximum atomic E-state index is 12.6. The molecule has 0 unspecified atom stereocenters. The molecule has 3 rings (SSSR count). The van der Waals surface area contributed by atoms with Crippen LogP contribution in [0.1, 0.15) is 26.5 Å². The van der Waals surface area contributed by atoms with E-state index in [1.165, 1.54) is 0 Å². The number of nitrogens with one attached hydrogen (secondary N) is 1. The molecule has 21 heavy (non-hydrogen) atoms. The summed E-state index contributed by atoms with van der Waals surface area (Å²) in [6.45, 7) is 6.18. The molecule has 1 N–H and O–H groups in total. The number of aromatic nitrogens is 4. The molecule has 0 radical (unpaired) electrons. The summed E-state index contributed by atoms with van der Waals surface area (Å²) in [5.74, 6) is 0. The Morgan fingerprint density at radius 2 is 2.05 bits per heavy atom. The van der Waals surface area contributed by atoms with E-state index in [2.05, 4.69) is 35.8 Å². The highest BCUT2D eigenvalue weighted by Crippen LogP contribution is 2.27. The van der Waals surface area contributed by atoms with Crippen LogP contribution in [0.5, 0.6) is 0 Å². The second-order valence-corrected chi connectivity index (χ2v) is 6.23. The highest BCUT2D eigenvalue weighted by atomic mass is 16.1. The minimum absolute atomic E-state index is 0.0133. The molecule has 0 aliphatic rings. The van der Waals surface area contributed by atoms with Gasteiger partial charge < -0.3 is 4.98 Å². The van der Waals surface area contributed by atoms with E-state index < -0.39 is 0 Å². The predicted molar refractivity (Wildman–Crippen MR) is 83.3 cm³/mol. The Hall–Kier alpha value is -2.43. The number of aromatic amines is 1. The number of hydrogen-bond donors (Lipinski definition) is 1. The molecular weight excluding hydrogens is 264 g/mol. The molecular formula is C16H18N4O. The Balaban J connectivity index is 2.33. The van der Waals surface area contributed by atoms with Gasteiger partial charge in [0.2, 0.25) is 0 Å². The van der Waals surface area contributed by atoms with Gasteiger partial charge in [0.25, 0.3) is 0 Å². The first kappa shape index (κ1) is 13.5.